The molecule has 0 unspecified atom stereocenters. The van der Waals surface area contributed by atoms with E-state index >= 15 is 0 Å². The molecule has 31 heavy (non-hydrogen) atoms. The van der Waals surface area contributed by atoms with Crippen LogP contribution >= 0.6 is 15.9 Å². The van der Waals surface area contributed by atoms with Crippen molar-refractivity contribution < 1.29 is 9.59 Å². The fourth-order valence-electron chi connectivity index (χ4n) is 4.15. The Morgan fingerprint density at radius 2 is 1.77 bits per heavy atom. The Labute approximate surface area is 190 Å². The van der Waals surface area contributed by atoms with Crippen molar-refractivity contribution in [2.45, 2.75) is 26.7 Å². The summed E-state index contributed by atoms with van der Waals surface area (Å²) in [5.74, 6) is 0.451. The van der Waals surface area contributed by atoms with E-state index in [9.17, 15) is 9.59 Å². The van der Waals surface area contributed by atoms with Gasteiger partial charge in [-0.15, -0.1) is 0 Å². The zero-order valence-corrected chi connectivity index (χ0v) is 19.2. The van der Waals surface area contributed by atoms with Crippen LogP contribution in [0.15, 0.2) is 59.2 Å². The molecule has 1 saturated heterocycles. The first kappa shape index (κ1) is 21.3. The number of hydrogen-bond acceptors (Lipinski definition) is 3. The smallest absolute Gasteiger partial charge is 0.255 e. The number of anilines is 1. The Bertz CT molecular complexity index is 1080. The summed E-state index contributed by atoms with van der Waals surface area (Å²) in [6.07, 6.45) is 2.95. The number of hydrogen-bond donors (Lipinski definition) is 1. The number of piperidine rings is 1. The summed E-state index contributed by atoms with van der Waals surface area (Å²) in [6.45, 7) is 5.14. The number of aryl methyl sites for hydroxylation is 1. The third kappa shape index (κ3) is 4.56. The lowest BCUT2D eigenvalue weighted by molar-refractivity contribution is -0.121. The lowest BCUT2D eigenvalue weighted by Gasteiger charge is -2.31. The summed E-state index contributed by atoms with van der Waals surface area (Å²) in [7, 11) is 0. The quantitative estimate of drug-likeness (QED) is 0.586. The monoisotopic (exact) mass is 480 g/mol. The SMILES string of the molecule is Cc1cc(C(=O)N2CCC(C(=O)Nc3ccccn3)CC2)c(C)n1-c1ccc(Br)cc1. The predicted molar refractivity (Wildman–Crippen MR) is 124 cm³/mol. The molecule has 4 rings (SSSR count). The lowest BCUT2D eigenvalue weighted by atomic mass is 9.95. The molecule has 2 aromatic heterocycles. The molecule has 0 radical (unpaired) electrons. The first-order valence-corrected chi connectivity index (χ1v) is 11.2. The fraction of sp³-hybridized carbons (Fsp3) is 0.292. The molecule has 0 bridgehead atoms. The van der Waals surface area contributed by atoms with Crippen molar-refractivity contribution in [2.24, 2.45) is 5.92 Å². The van der Waals surface area contributed by atoms with Crippen molar-refractivity contribution in [3.63, 3.8) is 0 Å². The highest BCUT2D eigenvalue weighted by atomic mass is 79.9. The topological polar surface area (TPSA) is 67.2 Å². The van der Waals surface area contributed by atoms with Gasteiger partial charge in [-0.2, -0.15) is 0 Å². The zero-order valence-electron chi connectivity index (χ0n) is 17.6. The molecular weight excluding hydrogens is 456 g/mol. The number of amides is 2. The molecular formula is C24H25BrN4O2. The Hall–Kier alpha value is -2.93. The molecule has 3 aromatic rings. The first-order chi connectivity index (χ1) is 14.9. The highest BCUT2D eigenvalue weighted by Crippen LogP contribution is 2.26. The molecule has 1 fully saturated rings. The Morgan fingerprint density at radius 3 is 2.42 bits per heavy atom. The van der Waals surface area contributed by atoms with Gasteiger partial charge >= 0.3 is 0 Å². The number of halogens is 1. The number of benzene rings is 1. The Balaban J connectivity index is 1.43. The van der Waals surface area contributed by atoms with Crippen LogP contribution in [0.4, 0.5) is 5.82 Å². The minimum atomic E-state index is -0.110. The summed E-state index contributed by atoms with van der Waals surface area (Å²) < 4.78 is 3.12. The molecule has 0 saturated carbocycles. The van der Waals surface area contributed by atoms with Crippen molar-refractivity contribution in [2.75, 3.05) is 18.4 Å². The molecule has 0 atom stereocenters. The summed E-state index contributed by atoms with van der Waals surface area (Å²) in [4.78, 5) is 31.8. The third-order valence-corrected chi connectivity index (χ3v) is 6.34. The summed E-state index contributed by atoms with van der Waals surface area (Å²) in [5.41, 5.74) is 3.70. The number of carbonyl (C=O) groups is 2. The minimum absolute atomic E-state index is 0.0278. The number of nitrogens with zero attached hydrogens (tertiary/aromatic N) is 3. The average Bonchev–Trinajstić information content (AvgIpc) is 3.08. The second kappa shape index (κ2) is 9.06. The van der Waals surface area contributed by atoms with Gasteiger partial charge in [0.05, 0.1) is 5.56 Å². The van der Waals surface area contributed by atoms with Crippen LogP contribution in [0.3, 0.4) is 0 Å². The summed E-state index contributed by atoms with van der Waals surface area (Å²) >= 11 is 3.47. The molecule has 160 valence electrons. The zero-order chi connectivity index (χ0) is 22.0. The van der Waals surface area contributed by atoms with Crippen LogP contribution in [0.1, 0.15) is 34.6 Å². The maximum absolute atomic E-state index is 13.2. The van der Waals surface area contributed by atoms with Crippen LogP contribution in [-0.2, 0) is 4.79 Å². The van der Waals surface area contributed by atoms with Crippen LogP contribution < -0.4 is 5.32 Å². The van der Waals surface area contributed by atoms with Gasteiger partial charge in [-0.25, -0.2) is 4.98 Å². The van der Waals surface area contributed by atoms with Gasteiger partial charge in [0.2, 0.25) is 5.91 Å². The van der Waals surface area contributed by atoms with Crippen LogP contribution in [0.25, 0.3) is 5.69 Å². The van der Waals surface area contributed by atoms with E-state index in [0.717, 1.165) is 27.1 Å². The summed E-state index contributed by atoms with van der Waals surface area (Å²) in [6, 6.07) is 15.4. The second-order valence-electron chi connectivity index (χ2n) is 7.87. The van der Waals surface area contributed by atoms with Crippen molar-refractivity contribution in [3.05, 3.63) is 76.2 Å². The van der Waals surface area contributed by atoms with Gasteiger partial charge in [-0.05, 0) is 69.2 Å². The van der Waals surface area contributed by atoms with Crippen LogP contribution in [0.2, 0.25) is 0 Å². The maximum atomic E-state index is 13.2. The number of likely N-dealkylation sites (tertiary alicyclic amines) is 1. The molecule has 6 nitrogen and oxygen atoms in total. The predicted octanol–water partition coefficient (Wildman–Crippen LogP) is 4.74. The van der Waals surface area contributed by atoms with Crippen molar-refractivity contribution in [1.82, 2.24) is 14.5 Å². The van der Waals surface area contributed by atoms with Gasteiger partial charge in [0.1, 0.15) is 5.82 Å². The largest absolute Gasteiger partial charge is 0.339 e. The van der Waals surface area contributed by atoms with Crippen molar-refractivity contribution in [1.29, 1.82) is 0 Å². The number of rotatable bonds is 4. The first-order valence-electron chi connectivity index (χ1n) is 10.4. The molecule has 2 amide bonds. The molecule has 1 aliphatic rings. The van der Waals surface area contributed by atoms with Gasteiger partial charge in [0, 0.05) is 46.8 Å². The molecule has 3 heterocycles. The molecule has 0 aliphatic carbocycles. The van der Waals surface area contributed by atoms with Gasteiger partial charge in [-0.3, -0.25) is 9.59 Å². The normalized spacial score (nSPS) is 14.5. The second-order valence-corrected chi connectivity index (χ2v) is 8.78. The van der Waals surface area contributed by atoms with E-state index in [1.165, 1.54) is 0 Å². The third-order valence-electron chi connectivity index (χ3n) is 5.82. The van der Waals surface area contributed by atoms with E-state index in [1.807, 2.05) is 61.2 Å². The number of carbonyl (C=O) groups excluding carboxylic acids is 2. The van der Waals surface area contributed by atoms with E-state index in [2.05, 4.69) is 30.8 Å². The highest BCUT2D eigenvalue weighted by Gasteiger charge is 2.29. The van der Waals surface area contributed by atoms with E-state index in [1.54, 1.807) is 12.3 Å². The summed E-state index contributed by atoms with van der Waals surface area (Å²) in [5, 5.41) is 2.87. The Morgan fingerprint density at radius 1 is 1.06 bits per heavy atom. The van der Waals surface area contributed by atoms with Gasteiger partial charge in [0.25, 0.3) is 5.91 Å². The number of aromatic nitrogens is 2. The minimum Gasteiger partial charge on any atom is -0.339 e. The molecule has 1 aromatic carbocycles. The fourth-order valence-corrected chi connectivity index (χ4v) is 4.41. The van der Waals surface area contributed by atoms with Crippen LogP contribution in [0.5, 0.6) is 0 Å². The van der Waals surface area contributed by atoms with E-state index in [4.69, 9.17) is 0 Å². The maximum Gasteiger partial charge on any atom is 0.255 e. The van der Waals surface area contributed by atoms with Gasteiger partial charge < -0.3 is 14.8 Å². The van der Waals surface area contributed by atoms with Crippen LogP contribution in [-0.4, -0.2) is 39.4 Å². The lowest BCUT2D eigenvalue weighted by Crippen LogP contribution is -2.41. The van der Waals surface area contributed by atoms with Crippen LogP contribution in [0, 0.1) is 19.8 Å². The molecule has 1 N–H and O–H groups in total. The highest BCUT2D eigenvalue weighted by molar-refractivity contribution is 9.10. The standard InChI is InChI=1S/C24H25BrN4O2/c1-16-15-21(17(2)29(16)20-8-6-19(25)7-9-20)24(31)28-13-10-18(11-14-28)23(30)27-22-5-3-4-12-26-22/h3-9,12,15,18H,10-11,13-14H2,1-2H3,(H,26,27,30). The number of pyridine rings is 1. The van der Waals surface area contributed by atoms with Gasteiger partial charge in [-0.1, -0.05) is 22.0 Å². The molecule has 7 heteroatoms. The van der Waals surface area contributed by atoms with E-state index in [-0.39, 0.29) is 17.7 Å². The van der Waals surface area contributed by atoms with Crippen molar-refractivity contribution in [3.8, 4) is 5.69 Å². The molecule has 0 spiro atoms. The average molecular weight is 481 g/mol. The molecule has 1 aliphatic heterocycles. The Kier molecular flexibility index (Phi) is 6.23. The van der Waals surface area contributed by atoms with Gasteiger partial charge in [0.15, 0.2) is 0 Å². The van der Waals surface area contributed by atoms with Crippen molar-refractivity contribution >= 4 is 33.6 Å². The number of nitrogens with one attached hydrogen (secondary N) is 1. The van der Waals surface area contributed by atoms with E-state index < -0.39 is 0 Å². The van der Waals surface area contributed by atoms with E-state index in [0.29, 0.717) is 31.7 Å².